The van der Waals surface area contributed by atoms with Gasteiger partial charge in [0.2, 0.25) is 0 Å². The summed E-state index contributed by atoms with van der Waals surface area (Å²) in [5.74, 6) is -0.974. The number of hydrogen-bond acceptors (Lipinski definition) is 3. The van der Waals surface area contributed by atoms with E-state index in [0.29, 0.717) is 5.56 Å². The van der Waals surface area contributed by atoms with Gasteiger partial charge in [0, 0.05) is 5.54 Å². The molecule has 0 unspecified atom stereocenters. The SMILES string of the molecule is CC(C)(C)OC(=O)c1cc(F)cc(C2(N)CC2)c1. The van der Waals surface area contributed by atoms with Crippen LogP contribution in [0.15, 0.2) is 18.2 Å². The van der Waals surface area contributed by atoms with E-state index in [9.17, 15) is 9.18 Å². The van der Waals surface area contributed by atoms with Gasteiger partial charge in [-0.3, -0.25) is 0 Å². The number of benzene rings is 1. The first-order valence-corrected chi connectivity index (χ1v) is 6.03. The Morgan fingerprint density at radius 3 is 2.44 bits per heavy atom. The van der Waals surface area contributed by atoms with E-state index in [-0.39, 0.29) is 5.56 Å². The van der Waals surface area contributed by atoms with Crippen molar-refractivity contribution in [2.24, 2.45) is 5.73 Å². The van der Waals surface area contributed by atoms with Crippen molar-refractivity contribution in [1.82, 2.24) is 0 Å². The minimum Gasteiger partial charge on any atom is -0.456 e. The zero-order valence-electron chi connectivity index (χ0n) is 10.9. The van der Waals surface area contributed by atoms with Crippen molar-refractivity contribution in [3.05, 3.63) is 35.1 Å². The molecule has 0 aliphatic heterocycles. The Balaban J connectivity index is 2.28. The minimum absolute atomic E-state index is 0.219. The van der Waals surface area contributed by atoms with Gasteiger partial charge < -0.3 is 10.5 Å². The molecule has 1 saturated carbocycles. The van der Waals surface area contributed by atoms with Crippen molar-refractivity contribution in [2.45, 2.75) is 44.8 Å². The number of carbonyl (C=O) groups excluding carboxylic acids is 1. The molecule has 1 aliphatic rings. The number of esters is 1. The number of nitrogens with two attached hydrogens (primary N) is 1. The van der Waals surface area contributed by atoms with E-state index < -0.39 is 22.9 Å². The summed E-state index contributed by atoms with van der Waals surface area (Å²) < 4.78 is 18.7. The van der Waals surface area contributed by atoms with E-state index >= 15 is 0 Å². The Labute approximate surface area is 106 Å². The molecule has 0 spiro atoms. The molecule has 0 heterocycles. The Morgan fingerprint density at radius 1 is 1.33 bits per heavy atom. The van der Waals surface area contributed by atoms with E-state index in [4.69, 9.17) is 10.5 Å². The van der Waals surface area contributed by atoms with Gasteiger partial charge in [-0.25, -0.2) is 9.18 Å². The average Bonchev–Trinajstić information content (AvgIpc) is 2.94. The van der Waals surface area contributed by atoms with E-state index in [1.54, 1.807) is 26.8 Å². The van der Waals surface area contributed by atoms with Gasteiger partial charge in [-0.1, -0.05) is 0 Å². The largest absolute Gasteiger partial charge is 0.456 e. The smallest absolute Gasteiger partial charge is 0.338 e. The zero-order valence-corrected chi connectivity index (χ0v) is 10.9. The van der Waals surface area contributed by atoms with Gasteiger partial charge in [-0.15, -0.1) is 0 Å². The molecule has 1 aromatic carbocycles. The predicted molar refractivity (Wildman–Crippen MR) is 66.7 cm³/mol. The van der Waals surface area contributed by atoms with Crippen LogP contribution >= 0.6 is 0 Å². The second-order valence-electron chi connectivity index (χ2n) is 5.89. The molecule has 1 aliphatic carbocycles. The van der Waals surface area contributed by atoms with Gasteiger partial charge in [0.15, 0.2) is 0 Å². The van der Waals surface area contributed by atoms with Crippen molar-refractivity contribution >= 4 is 5.97 Å². The molecule has 1 fully saturated rings. The summed E-state index contributed by atoms with van der Waals surface area (Å²) >= 11 is 0. The van der Waals surface area contributed by atoms with Crippen molar-refractivity contribution in [2.75, 3.05) is 0 Å². The fourth-order valence-corrected chi connectivity index (χ4v) is 1.76. The lowest BCUT2D eigenvalue weighted by atomic mass is 10.0. The first kappa shape index (κ1) is 13.0. The first-order valence-electron chi connectivity index (χ1n) is 6.03. The average molecular weight is 251 g/mol. The summed E-state index contributed by atoms with van der Waals surface area (Å²) in [4.78, 5) is 11.9. The first-order chi connectivity index (χ1) is 8.20. The monoisotopic (exact) mass is 251 g/mol. The molecule has 2 rings (SSSR count). The molecule has 1 aromatic rings. The Hall–Kier alpha value is -1.42. The van der Waals surface area contributed by atoms with Gasteiger partial charge >= 0.3 is 5.97 Å². The summed E-state index contributed by atoms with van der Waals surface area (Å²) in [6.45, 7) is 5.32. The fraction of sp³-hybridized carbons (Fsp3) is 0.500. The molecule has 0 radical (unpaired) electrons. The third-order valence-corrected chi connectivity index (χ3v) is 2.90. The highest BCUT2D eigenvalue weighted by molar-refractivity contribution is 5.90. The Kier molecular flexibility index (Phi) is 2.93. The van der Waals surface area contributed by atoms with E-state index in [1.807, 2.05) is 0 Å². The Morgan fingerprint density at radius 2 is 1.94 bits per heavy atom. The summed E-state index contributed by atoms with van der Waals surface area (Å²) in [7, 11) is 0. The van der Waals surface area contributed by atoms with Crippen LogP contribution in [0.25, 0.3) is 0 Å². The van der Waals surface area contributed by atoms with Crippen LogP contribution in [0.3, 0.4) is 0 Å². The van der Waals surface area contributed by atoms with Crippen LogP contribution in [0.5, 0.6) is 0 Å². The van der Waals surface area contributed by atoms with Gasteiger partial charge in [-0.2, -0.15) is 0 Å². The number of rotatable bonds is 2. The molecule has 0 aromatic heterocycles. The molecule has 0 saturated heterocycles. The van der Waals surface area contributed by atoms with E-state index in [2.05, 4.69) is 0 Å². The normalized spacial score (nSPS) is 17.4. The van der Waals surface area contributed by atoms with Gasteiger partial charge in [0.1, 0.15) is 11.4 Å². The second kappa shape index (κ2) is 4.05. The number of hydrogen-bond donors (Lipinski definition) is 1. The van der Waals surface area contributed by atoms with Crippen molar-refractivity contribution in [3.8, 4) is 0 Å². The van der Waals surface area contributed by atoms with Gasteiger partial charge in [-0.05, 0) is 57.4 Å². The lowest BCUT2D eigenvalue weighted by molar-refractivity contribution is 0.00689. The highest BCUT2D eigenvalue weighted by Crippen LogP contribution is 2.43. The highest BCUT2D eigenvalue weighted by Gasteiger charge is 2.40. The molecule has 0 amide bonds. The van der Waals surface area contributed by atoms with Crippen LogP contribution < -0.4 is 5.73 Å². The van der Waals surface area contributed by atoms with Crippen LogP contribution in [-0.4, -0.2) is 11.6 Å². The van der Waals surface area contributed by atoms with Gasteiger partial charge in [0.25, 0.3) is 0 Å². The summed E-state index contributed by atoms with van der Waals surface area (Å²) in [5, 5.41) is 0. The summed E-state index contributed by atoms with van der Waals surface area (Å²) in [6, 6.07) is 4.20. The summed E-state index contributed by atoms with van der Waals surface area (Å²) in [6.07, 6.45) is 1.65. The molecule has 18 heavy (non-hydrogen) atoms. The lowest BCUT2D eigenvalue weighted by Gasteiger charge is -2.20. The number of ether oxygens (including phenoxy) is 1. The van der Waals surface area contributed by atoms with Crippen LogP contribution in [0.2, 0.25) is 0 Å². The molecule has 0 atom stereocenters. The highest BCUT2D eigenvalue weighted by atomic mass is 19.1. The van der Waals surface area contributed by atoms with Crippen molar-refractivity contribution < 1.29 is 13.9 Å². The van der Waals surface area contributed by atoms with E-state index in [1.165, 1.54) is 12.1 Å². The maximum atomic E-state index is 13.5. The molecular formula is C14H18FNO2. The molecule has 2 N–H and O–H groups in total. The molecule has 98 valence electrons. The molecular weight excluding hydrogens is 233 g/mol. The fourth-order valence-electron chi connectivity index (χ4n) is 1.76. The van der Waals surface area contributed by atoms with Crippen molar-refractivity contribution in [1.29, 1.82) is 0 Å². The quantitative estimate of drug-likeness (QED) is 0.822. The predicted octanol–water partition coefficient (Wildman–Crippen LogP) is 2.73. The van der Waals surface area contributed by atoms with Crippen LogP contribution in [0.4, 0.5) is 4.39 Å². The lowest BCUT2D eigenvalue weighted by Crippen LogP contribution is -2.25. The minimum atomic E-state index is -0.594. The molecule has 0 bridgehead atoms. The van der Waals surface area contributed by atoms with Crippen LogP contribution in [0.1, 0.15) is 49.5 Å². The topological polar surface area (TPSA) is 52.3 Å². The van der Waals surface area contributed by atoms with Crippen LogP contribution in [0, 0.1) is 5.82 Å². The second-order valence-corrected chi connectivity index (χ2v) is 5.89. The Bertz CT molecular complexity index is 487. The standard InChI is InChI=1S/C14H18FNO2/c1-13(2,3)18-12(17)9-6-10(8-11(15)7-9)14(16)4-5-14/h6-8H,4-5,16H2,1-3H3. The zero-order chi connectivity index (χ0) is 13.6. The van der Waals surface area contributed by atoms with Crippen molar-refractivity contribution in [3.63, 3.8) is 0 Å². The third-order valence-electron chi connectivity index (χ3n) is 2.90. The van der Waals surface area contributed by atoms with Crippen LogP contribution in [-0.2, 0) is 10.3 Å². The number of carbonyl (C=O) groups is 1. The maximum Gasteiger partial charge on any atom is 0.338 e. The maximum absolute atomic E-state index is 13.5. The third kappa shape index (κ3) is 2.88. The number of halogens is 1. The van der Waals surface area contributed by atoms with E-state index in [0.717, 1.165) is 12.8 Å². The van der Waals surface area contributed by atoms with Gasteiger partial charge in [0.05, 0.1) is 5.56 Å². The summed E-state index contributed by atoms with van der Waals surface area (Å²) in [5.41, 5.74) is 5.85. The molecule has 3 nitrogen and oxygen atoms in total. The molecule has 4 heteroatoms.